The molecule has 0 rings (SSSR count). The van der Waals surface area contributed by atoms with E-state index >= 15 is 0 Å². The molecule has 0 bridgehead atoms. The van der Waals surface area contributed by atoms with Gasteiger partial charge in [-0.2, -0.15) is 0 Å². The van der Waals surface area contributed by atoms with Gasteiger partial charge in [0.15, 0.2) is 6.10 Å². The molecule has 0 aliphatic carbocycles. The lowest BCUT2D eigenvalue weighted by atomic mass is 10.0. The van der Waals surface area contributed by atoms with E-state index in [0.29, 0.717) is 19.3 Å². The van der Waals surface area contributed by atoms with Crippen molar-refractivity contribution in [2.24, 2.45) is 0 Å². The second-order valence-electron chi connectivity index (χ2n) is 20.3. The molecule has 6 nitrogen and oxygen atoms in total. The molecule has 0 fully saturated rings. The van der Waals surface area contributed by atoms with E-state index in [1.54, 1.807) is 0 Å². The maximum atomic E-state index is 12.9. The fourth-order valence-electron chi connectivity index (χ4n) is 8.74. The number of rotatable bonds is 55. The summed E-state index contributed by atoms with van der Waals surface area (Å²) in [5.41, 5.74) is 0. The average molecular weight is 968 g/mol. The summed E-state index contributed by atoms with van der Waals surface area (Å²) >= 11 is 0. The zero-order valence-electron chi connectivity index (χ0n) is 46.1. The summed E-state index contributed by atoms with van der Waals surface area (Å²) in [6.45, 7) is 6.63. The fraction of sp³-hybridized carbons (Fsp3) is 0.825. The summed E-state index contributed by atoms with van der Waals surface area (Å²) in [5, 5.41) is 0. The van der Waals surface area contributed by atoms with E-state index in [4.69, 9.17) is 14.2 Å². The van der Waals surface area contributed by atoms with Gasteiger partial charge in [-0.25, -0.2) is 0 Å². The van der Waals surface area contributed by atoms with Gasteiger partial charge in [0, 0.05) is 19.3 Å². The number of carbonyl (C=O) groups excluding carboxylic acids is 3. The molecular weight excluding hydrogens is 853 g/mol. The molecular formula is C63H114O6. The molecule has 69 heavy (non-hydrogen) atoms. The molecule has 0 aliphatic rings. The Kier molecular flexibility index (Phi) is 55.7. The van der Waals surface area contributed by atoms with Crippen molar-refractivity contribution >= 4 is 17.9 Å². The zero-order chi connectivity index (χ0) is 50.0. The predicted octanol–water partition coefficient (Wildman–Crippen LogP) is 20.2. The molecule has 0 radical (unpaired) electrons. The number of hydrogen-bond donors (Lipinski definition) is 0. The molecule has 402 valence electrons. The molecule has 0 amide bonds. The summed E-state index contributed by atoms with van der Waals surface area (Å²) in [7, 11) is 0. The summed E-state index contributed by atoms with van der Waals surface area (Å²) in [6.07, 6.45) is 71.0. The normalized spacial score (nSPS) is 12.3. The second kappa shape index (κ2) is 57.9. The number of unbranched alkanes of at least 4 members (excludes halogenated alkanes) is 36. The van der Waals surface area contributed by atoms with E-state index in [1.165, 1.54) is 193 Å². The van der Waals surface area contributed by atoms with Crippen molar-refractivity contribution in [3.63, 3.8) is 0 Å². The maximum absolute atomic E-state index is 12.9. The van der Waals surface area contributed by atoms with E-state index < -0.39 is 6.10 Å². The van der Waals surface area contributed by atoms with Crippen molar-refractivity contribution in [1.82, 2.24) is 0 Å². The van der Waals surface area contributed by atoms with Crippen LogP contribution in [-0.2, 0) is 28.6 Å². The first-order valence-corrected chi connectivity index (χ1v) is 30.1. The topological polar surface area (TPSA) is 78.9 Å². The molecule has 0 N–H and O–H groups in total. The van der Waals surface area contributed by atoms with Crippen LogP contribution in [0.4, 0.5) is 0 Å². The minimum atomic E-state index is -0.782. The Morgan fingerprint density at radius 2 is 0.522 bits per heavy atom. The highest BCUT2D eigenvalue weighted by Gasteiger charge is 2.19. The Labute approximate surface area is 428 Å². The molecule has 0 heterocycles. The minimum Gasteiger partial charge on any atom is -0.462 e. The van der Waals surface area contributed by atoms with Gasteiger partial charge in [-0.1, -0.05) is 262 Å². The molecule has 0 spiro atoms. The SMILES string of the molecule is CCCCC/C=C\C/C=C\C/C=C\CCCCCCC(=O)OC[C@H](COC(=O)CCCCCCCCCCCCCCCCC)OC(=O)CCCCCCCCCCC/C=C\CCCCCCCC. The highest BCUT2D eigenvalue weighted by molar-refractivity contribution is 5.71. The summed E-state index contributed by atoms with van der Waals surface area (Å²) < 4.78 is 16.9. The third-order valence-corrected chi connectivity index (χ3v) is 13.3. The number of carbonyl (C=O) groups is 3. The highest BCUT2D eigenvalue weighted by atomic mass is 16.6. The Balaban J connectivity index is 4.38. The number of allylic oxidation sites excluding steroid dienone is 8. The van der Waals surface area contributed by atoms with Crippen LogP contribution in [0.1, 0.15) is 316 Å². The Bertz CT molecular complexity index is 1200. The van der Waals surface area contributed by atoms with Crippen LogP contribution in [-0.4, -0.2) is 37.2 Å². The lowest BCUT2D eigenvalue weighted by Gasteiger charge is -2.18. The van der Waals surface area contributed by atoms with E-state index in [-0.39, 0.29) is 31.1 Å². The second-order valence-corrected chi connectivity index (χ2v) is 20.3. The molecule has 0 saturated carbocycles. The van der Waals surface area contributed by atoms with Crippen molar-refractivity contribution in [3.8, 4) is 0 Å². The lowest BCUT2D eigenvalue weighted by molar-refractivity contribution is -0.167. The third kappa shape index (κ3) is 56.2. The van der Waals surface area contributed by atoms with Crippen LogP contribution < -0.4 is 0 Å². The molecule has 0 aromatic carbocycles. The standard InChI is InChI=1S/C63H114O6/c1-4-7-10-13-16-19-22-25-28-30-31-33-36-39-42-45-48-51-54-57-63(66)69-60(58-67-61(64)55-52-49-46-43-40-37-34-27-24-21-18-15-12-9-6-3)59-68-62(65)56-53-50-47-44-41-38-35-32-29-26-23-20-17-14-11-8-5-2/h17,20,25-26,28-29,35,38,60H,4-16,18-19,21-24,27,30-34,36-37,39-59H2,1-3H3/b20-17-,28-25-,29-26-,38-35-/t60-/m0/s1. The van der Waals surface area contributed by atoms with Crippen LogP contribution in [0.5, 0.6) is 0 Å². The van der Waals surface area contributed by atoms with Gasteiger partial charge in [0.1, 0.15) is 13.2 Å². The van der Waals surface area contributed by atoms with Crippen molar-refractivity contribution in [3.05, 3.63) is 48.6 Å². The van der Waals surface area contributed by atoms with Crippen molar-refractivity contribution in [2.45, 2.75) is 322 Å². The van der Waals surface area contributed by atoms with Gasteiger partial charge in [-0.15, -0.1) is 0 Å². The van der Waals surface area contributed by atoms with Gasteiger partial charge in [-0.05, 0) is 83.5 Å². The van der Waals surface area contributed by atoms with Crippen LogP contribution in [0, 0.1) is 0 Å². The zero-order valence-corrected chi connectivity index (χ0v) is 46.1. The van der Waals surface area contributed by atoms with Gasteiger partial charge in [0.25, 0.3) is 0 Å². The molecule has 0 saturated heterocycles. The maximum Gasteiger partial charge on any atom is 0.306 e. The molecule has 1 atom stereocenters. The van der Waals surface area contributed by atoms with E-state index in [1.807, 2.05) is 0 Å². The van der Waals surface area contributed by atoms with E-state index in [2.05, 4.69) is 69.4 Å². The minimum absolute atomic E-state index is 0.0778. The number of esters is 3. The first kappa shape index (κ1) is 66.4. The third-order valence-electron chi connectivity index (χ3n) is 13.3. The Hall–Kier alpha value is -2.63. The van der Waals surface area contributed by atoms with Crippen LogP contribution in [0.3, 0.4) is 0 Å². The number of ether oxygens (including phenoxy) is 3. The lowest BCUT2D eigenvalue weighted by Crippen LogP contribution is -2.30. The van der Waals surface area contributed by atoms with Gasteiger partial charge >= 0.3 is 17.9 Å². The van der Waals surface area contributed by atoms with E-state index in [9.17, 15) is 14.4 Å². The number of hydrogen-bond acceptors (Lipinski definition) is 6. The van der Waals surface area contributed by atoms with Gasteiger partial charge < -0.3 is 14.2 Å². The van der Waals surface area contributed by atoms with Crippen molar-refractivity contribution in [1.29, 1.82) is 0 Å². The molecule has 6 heteroatoms. The van der Waals surface area contributed by atoms with Gasteiger partial charge in [-0.3, -0.25) is 14.4 Å². The average Bonchev–Trinajstić information content (AvgIpc) is 3.35. The largest absolute Gasteiger partial charge is 0.462 e. The van der Waals surface area contributed by atoms with Crippen molar-refractivity contribution in [2.75, 3.05) is 13.2 Å². The van der Waals surface area contributed by atoms with Crippen LogP contribution in [0.25, 0.3) is 0 Å². The predicted molar refractivity (Wildman–Crippen MR) is 298 cm³/mol. The first-order valence-electron chi connectivity index (χ1n) is 30.1. The Morgan fingerprint density at radius 3 is 0.855 bits per heavy atom. The van der Waals surface area contributed by atoms with Crippen molar-refractivity contribution < 1.29 is 28.6 Å². The Morgan fingerprint density at radius 1 is 0.290 bits per heavy atom. The smallest absolute Gasteiger partial charge is 0.306 e. The fourth-order valence-corrected chi connectivity index (χ4v) is 8.74. The van der Waals surface area contributed by atoms with Gasteiger partial charge in [0.2, 0.25) is 0 Å². The van der Waals surface area contributed by atoms with E-state index in [0.717, 1.165) is 83.5 Å². The van der Waals surface area contributed by atoms with Crippen LogP contribution >= 0.6 is 0 Å². The first-order chi connectivity index (χ1) is 34.0. The summed E-state index contributed by atoms with van der Waals surface area (Å²) in [5.74, 6) is -0.885. The van der Waals surface area contributed by atoms with Crippen LogP contribution in [0.2, 0.25) is 0 Å². The molecule has 0 aliphatic heterocycles. The summed E-state index contributed by atoms with van der Waals surface area (Å²) in [4.78, 5) is 38.2. The van der Waals surface area contributed by atoms with Gasteiger partial charge in [0.05, 0.1) is 0 Å². The monoisotopic (exact) mass is 967 g/mol. The molecule has 0 unspecified atom stereocenters. The van der Waals surface area contributed by atoms with Crippen LogP contribution in [0.15, 0.2) is 48.6 Å². The molecule has 0 aromatic heterocycles. The molecule has 0 aromatic rings. The quantitative estimate of drug-likeness (QED) is 0.0262. The highest BCUT2D eigenvalue weighted by Crippen LogP contribution is 2.16. The summed E-state index contributed by atoms with van der Waals surface area (Å²) in [6, 6.07) is 0.